The Morgan fingerprint density at radius 2 is 1.04 bits per heavy atom. The second-order valence-corrected chi connectivity index (χ2v) is 6.41. The average Bonchev–Trinajstić information content (AvgIpc) is 2.49. The minimum Gasteiger partial charge on any atom is -0.459 e. The topological polar surface area (TPSA) is 93.1 Å². The molecule has 0 bridgehead atoms. The molecule has 6 nitrogen and oxygen atoms in total. The highest BCUT2D eigenvalue weighted by molar-refractivity contribution is 6.52. The van der Waals surface area contributed by atoms with Gasteiger partial charge in [0.15, 0.2) is 0 Å². The van der Waals surface area contributed by atoms with Crippen LogP contribution in [0, 0.1) is 0 Å². The largest absolute Gasteiger partial charge is 0.459 e. The third-order valence-electron chi connectivity index (χ3n) is 2.58. The summed E-state index contributed by atoms with van der Waals surface area (Å²) in [5.41, 5.74) is -0.665. The molecule has 0 amide bonds. The maximum Gasteiger partial charge on any atom is 0.341 e. The maximum atomic E-state index is 12.0. The number of aliphatic hydroxyl groups is 2. The molecule has 24 heavy (non-hydrogen) atoms. The lowest BCUT2D eigenvalue weighted by atomic mass is 10.1. The van der Waals surface area contributed by atoms with Crippen molar-refractivity contribution in [2.24, 2.45) is 0 Å². The quantitative estimate of drug-likeness (QED) is 0.542. The molecule has 0 saturated carbocycles. The Morgan fingerprint density at radius 1 is 0.792 bits per heavy atom. The van der Waals surface area contributed by atoms with Crippen LogP contribution < -0.4 is 0 Å². The van der Waals surface area contributed by atoms with Gasteiger partial charge in [-0.15, -0.1) is 0 Å². The predicted molar refractivity (Wildman–Crippen MR) is 90.4 cm³/mol. The summed E-state index contributed by atoms with van der Waals surface area (Å²) in [4.78, 5) is 24.0. The van der Waals surface area contributed by atoms with Crippen molar-refractivity contribution in [1.82, 2.24) is 0 Å². The van der Waals surface area contributed by atoms with Gasteiger partial charge in [0, 0.05) is 0 Å². The Bertz CT molecular complexity index is 561. The van der Waals surface area contributed by atoms with E-state index < -0.39 is 24.1 Å². The fraction of sp³-hybridized carbons (Fsp3) is 0.429. The maximum absolute atomic E-state index is 12.0. The Balaban J connectivity index is 3.25. The summed E-state index contributed by atoms with van der Waals surface area (Å²) in [5.74, 6) is -1.92. The van der Waals surface area contributed by atoms with Gasteiger partial charge in [-0.3, -0.25) is 0 Å². The molecule has 0 aliphatic rings. The second kappa shape index (κ2) is 9.08. The number of aliphatic hydroxyl groups excluding tert-OH is 2. The number of halogens is 4. The highest BCUT2D eigenvalue weighted by Gasteiger charge is 2.29. The molecule has 0 fully saturated rings. The smallest absolute Gasteiger partial charge is 0.341 e. The second-order valence-electron chi connectivity index (χ2n) is 4.90. The van der Waals surface area contributed by atoms with E-state index in [1.807, 2.05) is 0 Å². The summed E-state index contributed by atoms with van der Waals surface area (Å²) in [6, 6.07) is 0. The van der Waals surface area contributed by atoms with Crippen LogP contribution in [-0.4, -0.2) is 47.6 Å². The first-order chi connectivity index (χ1) is 11.1. The number of benzene rings is 1. The van der Waals surface area contributed by atoms with Crippen LogP contribution in [0.3, 0.4) is 0 Å². The predicted octanol–water partition coefficient (Wildman–Crippen LogP) is 3.38. The monoisotopic (exact) mass is 418 g/mol. The molecular weight excluding hydrogens is 406 g/mol. The summed E-state index contributed by atoms with van der Waals surface area (Å²) in [7, 11) is 0. The zero-order valence-electron chi connectivity index (χ0n) is 12.6. The molecule has 1 rings (SSSR count). The first-order valence-corrected chi connectivity index (χ1v) is 8.15. The van der Waals surface area contributed by atoms with Gasteiger partial charge >= 0.3 is 11.9 Å². The fourth-order valence-corrected chi connectivity index (χ4v) is 2.69. The van der Waals surface area contributed by atoms with Gasteiger partial charge < -0.3 is 19.7 Å². The van der Waals surface area contributed by atoms with Gasteiger partial charge in [-0.2, -0.15) is 0 Å². The Hall–Kier alpha value is -0.760. The van der Waals surface area contributed by atoms with Crippen LogP contribution in [0.4, 0.5) is 0 Å². The minimum absolute atomic E-state index is 0.293. The van der Waals surface area contributed by atoms with Gasteiger partial charge in [0.1, 0.15) is 13.2 Å². The number of hydrogen-bond acceptors (Lipinski definition) is 6. The lowest BCUT2D eigenvalue weighted by Crippen LogP contribution is -2.18. The van der Waals surface area contributed by atoms with Crippen molar-refractivity contribution in [1.29, 1.82) is 0 Å². The molecule has 10 heteroatoms. The molecule has 1 aromatic carbocycles. The van der Waals surface area contributed by atoms with Gasteiger partial charge in [-0.25, -0.2) is 9.59 Å². The van der Waals surface area contributed by atoms with E-state index in [0.29, 0.717) is 0 Å². The van der Waals surface area contributed by atoms with E-state index in [1.54, 1.807) is 0 Å². The normalized spacial score (nSPS) is 13.3. The molecule has 1 aromatic rings. The molecule has 0 heterocycles. The van der Waals surface area contributed by atoms with Crippen molar-refractivity contribution in [3.05, 3.63) is 31.2 Å². The van der Waals surface area contributed by atoms with Crippen LogP contribution in [0.15, 0.2) is 0 Å². The summed E-state index contributed by atoms with van der Waals surface area (Å²) in [5, 5.41) is 16.9. The summed E-state index contributed by atoms with van der Waals surface area (Å²) in [6.07, 6.45) is -1.79. The van der Waals surface area contributed by atoms with Crippen molar-refractivity contribution in [3.8, 4) is 0 Å². The number of carbonyl (C=O) groups excluding carboxylic acids is 2. The minimum atomic E-state index is -0.960. The third-order valence-corrected chi connectivity index (χ3v) is 4.29. The summed E-state index contributed by atoms with van der Waals surface area (Å²) >= 11 is 24.0. The van der Waals surface area contributed by atoms with Crippen LogP contribution in [0.25, 0.3) is 0 Å². The lowest BCUT2D eigenvalue weighted by molar-refractivity contribution is 0.0288. The standard InChI is InChI=1S/C14H14Cl4O6/c1-5(19)3-23-13(21)7-9(15)11(17)8(12(18)10(7)16)14(22)24-4-6(2)20/h5-6,19-20H,3-4H2,1-2H3. The Morgan fingerprint density at radius 3 is 1.25 bits per heavy atom. The molecule has 0 spiro atoms. The molecule has 0 aliphatic carbocycles. The zero-order chi connectivity index (χ0) is 18.6. The molecule has 2 N–H and O–H groups in total. The van der Waals surface area contributed by atoms with Gasteiger partial charge in [0.25, 0.3) is 0 Å². The van der Waals surface area contributed by atoms with E-state index in [-0.39, 0.29) is 44.4 Å². The van der Waals surface area contributed by atoms with Crippen molar-refractivity contribution < 1.29 is 29.3 Å². The van der Waals surface area contributed by atoms with E-state index in [9.17, 15) is 9.59 Å². The summed E-state index contributed by atoms with van der Waals surface area (Å²) in [6.45, 7) is 2.24. The van der Waals surface area contributed by atoms with Crippen molar-refractivity contribution >= 4 is 58.3 Å². The lowest BCUT2D eigenvalue weighted by Gasteiger charge is -2.15. The Kier molecular flexibility index (Phi) is 8.05. The molecule has 2 atom stereocenters. The average molecular weight is 420 g/mol. The van der Waals surface area contributed by atoms with Gasteiger partial charge in [-0.05, 0) is 13.8 Å². The molecule has 0 radical (unpaired) electrons. The molecule has 0 aliphatic heterocycles. The summed E-state index contributed by atoms with van der Waals surface area (Å²) < 4.78 is 9.63. The highest BCUT2D eigenvalue weighted by atomic mass is 35.5. The third kappa shape index (κ3) is 5.12. The molecule has 134 valence electrons. The molecule has 0 aromatic heterocycles. The highest BCUT2D eigenvalue weighted by Crippen LogP contribution is 2.41. The van der Waals surface area contributed by atoms with Crippen molar-refractivity contribution in [3.63, 3.8) is 0 Å². The van der Waals surface area contributed by atoms with Crippen LogP contribution in [0.5, 0.6) is 0 Å². The number of ether oxygens (including phenoxy) is 2. The van der Waals surface area contributed by atoms with E-state index in [4.69, 9.17) is 66.1 Å². The van der Waals surface area contributed by atoms with Gasteiger partial charge in [0.2, 0.25) is 0 Å². The van der Waals surface area contributed by atoms with E-state index >= 15 is 0 Å². The fourth-order valence-electron chi connectivity index (χ4n) is 1.53. The van der Waals surface area contributed by atoms with E-state index in [1.165, 1.54) is 13.8 Å². The zero-order valence-corrected chi connectivity index (χ0v) is 15.6. The van der Waals surface area contributed by atoms with E-state index in [0.717, 1.165) is 0 Å². The number of rotatable bonds is 6. The van der Waals surface area contributed by atoms with E-state index in [2.05, 4.69) is 0 Å². The first-order valence-electron chi connectivity index (χ1n) is 6.64. The van der Waals surface area contributed by atoms with Crippen LogP contribution in [0.1, 0.15) is 34.6 Å². The number of hydrogen-bond donors (Lipinski definition) is 2. The van der Waals surface area contributed by atoms with Crippen LogP contribution in [0.2, 0.25) is 20.1 Å². The Labute approximate surface area is 158 Å². The van der Waals surface area contributed by atoms with Gasteiger partial charge in [-0.1, -0.05) is 46.4 Å². The van der Waals surface area contributed by atoms with Crippen molar-refractivity contribution in [2.75, 3.05) is 13.2 Å². The van der Waals surface area contributed by atoms with Crippen molar-refractivity contribution in [2.45, 2.75) is 26.1 Å². The SMILES string of the molecule is CC(O)COC(=O)c1c(Cl)c(Cl)c(C(=O)OCC(C)O)c(Cl)c1Cl. The number of esters is 2. The van der Waals surface area contributed by atoms with Crippen LogP contribution >= 0.6 is 46.4 Å². The van der Waals surface area contributed by atoms with Gasteiger partial charge in [0.05, 0.1) is 43.4 Å². The molecule has 0 saturated heterocycles. The first kappa shape index (κ1) is 21.3. The van der Waals surface area contributed by atoms with Crippen LogP contribution in [-0.2, 0) is 9.47 Å². The molecule has 2 unspecified atom stereocenters. The number of carbonyl (C=O) groups is 2. The molecular formula is C14H14Cl4O6.